The standard InChI is InChI=1S/C27H32FN5O3/c1-35-24-7-5-21(6-8-24)25-30-27(36-31-25)33-13-10-22(11-14-33)26(34)29-16-20-9-12-32(18-20)17-19-3-2-4-23(28)15-19/h2-8,15,20,22H,9-14,16-18H2,1H3,(H,29,34). The molecule has 36 heavy (non-hydrogen) atoms. The number of aromatic nitrogens is 2. The van der Waals surface area contributed by atoms with E-state index in [1.54, 1.807) is 19.2 Å². The molecule has 2 aromatic carbocycles. The zero-order valence-electron chi connectivity index (χ0n) is 20.5. The van der Waals surface area contributed by atoms with Gasteiger partial charge in [-0.1, -0.05) is 17.3 Å². The molecule has 0 spiro atoms. The number of nitrogens with zero attached hydrogens (tertiary/aromatic N) is 4. The number of likely N-dealkylation sites (tertiary alicyclic amines) is 1. The number of halogens is 1. The van der Waals surface area contributed by atoms with Gasteiger partial charge in [0.25, 0.3) is 0 Å². The quantitative estimate of drug-likeness (QED) is 0.512. The number of rotatable bonds is 8. The van der Waals surface area contributed by atoms with Gasteiger partial charge in [-0.25, -0.2) is 4.39 Å². The lowest BCUT2D eigenvalue weighted by Crippen LogP contribution is -2.42. The van der Waals surface area contributed by atoms with Gasteiger partial charge in [-0.2, -0.15) is 4.98 Å². The summed E-state index contributed by atoms with van der Waals surface area (Å²) in [6.45, 7) is 4.73. The number of nitrogens with one attached hydrogen (secondary N) is 1. The first-order valence-electron chi connectivity index (χ1n) is 12.5. The first-order valence-corrected chi connectivity index (χ1v) is 12.5. The summed E-state index contributed by atoms with van der Waals surface area (Å²) in [4.78, 5) is 21.7. The Kier molecular flexibility index (Phi) is 7.46. The predicted molar refractivity (Wildman–Crippen MR) is 134 cm³/mol. The lowest BCUT2D eigenvalue weighted by molar-refractivity contribution is -0.125. The fourth-order valence-electron chi connectivity index (χ4n) is 5.04. The Bertz CT molecular complexity index is 1160. The number of methoxy groups -OCH3 is 1. The normalized spacial score (nSPS) is 18.9. The van der Waals surface area contributed by atoms with Crippen LogP contribution in [0.4, 0.5) is 10.4 Å². The van der Waals surface area contributed by atoms with Gasteiger partial charge in [-0.3, -0.25) is 9.69 Å². The van der Waals surface area contributed by atoms with Crippen LogP contribution in [0.3, 0.4) is 0 Å². The van der Waals surface area contributed by atoms with E-state index < -0.39 is 0 Å². The van der Waals surface area contributed by atoms with E-state index in [2.05, 4.69) is 20.4 Å². The van der Waals surface area contributed by atoms with Gasteiger partial charge in [-0.15, -0.1) is 0 Å². The van der Waals surface area contributed by atoms with Gasteiger partial charge < -0.3 is 19.5 Å². The van der Waals surface area contributed by atoms with Crippen LogP contribution in [0.15, 0.2) is 53.1 Å². The van der Waals surface area contributed by atoms with Gasteiger partial charge in [-0.05, 0) is 73.7 Å². The topological polar surface area (TPSA) is 83.7 Å². The predicted octanol–water partition coefficient (Wildman–Crippen LogP) is 3.74. The smallest absolute Gasteiger partial charge is 0.324 e. The van der Waals surface area contributed by atoms with Gasteiger partial charge in [0.05, 0.1) is 7.11 Å². The SMILES string of the molecule is COc1ccc(-c2noc(N3CCC(C(=O)NCC4CCN(Cc5cccc(F)c5)C4)CC3)n2)cc1. The molecule has 0 radical (unpaired) electrons. The molecule has 1 N–H and O–H groups in total. The molecule has 0 aliphatic carbocycles. The average Bonchev–Trinajstić information content (AvgIpc) is 3.58. The molecule has 9 heteroatoms. The highest BCUT2D eigenvalue weighted by Gasteiger charge is 2.29. The number of ether oxygens (including phenoxy) is 1. The van der Waals surface area contributed by atoms with Crippen LogP contribution in [0.1, 0.15) is 24.8 Å². The van der Waals surface area contributed by atoms with E-state index >= 15 is 0 Å². The summed E-state index contributed by atoms with van der Waals surface area (Å²) in [5.74, 6) is 1.67. The van der Waals surface area contributed by atoms with Crippen LogP contribution in [0, 0.1) is 17.7 Å². The fourth-order valence-corrected chi connectivity index (χ4v) is 5.04. The van der Waals surface area contributed by atoms with Crippen LogP contribution in [0.25, 0.3) is 11.4 Å². The summed E-state index contributed by atoms with van der Waals surface area (Å²) < 4.78 is 24.1. The van der Waals surface area contributed by atoms with E-state index in [0.717, 1.165) is 55.8 Å². The second kappa shape index (κ2) is 11.1. The Balaban J connectivity index is 1.05. The second-order valence-corrected chi connectivity index (χ2v) is 9.66. The van der Waals surface area contributed by atoms with Crippen molar-refractivity contribution in [3.05, 3.63) is 59.9 Å². The molecule has 3 heterocycles. The lowest BCUT2D eigenvalue weighted by Gasteiger charge is -2.30. The number of piperidine rings is 1. The third-order valence-corrected chi connectivity index (χ3v) is 7.13. The molecular formula is C27H32FN5O3. The van der Waals surface area contributed by atoms with Crippen molar-refractivity contribution in [2.45, 2.75) is 25.8 Å². The van der Waals surface area contributed by atoms with Crippen molar-refractivity contribution in [2.75, 3.05) is 44.7 Å². The molecule has 1 atom stereocenters. The summed E-state index contributed by atoms with van der Waals surface area (Å²) in [7, 11) is 1.63. The molecule has 3 aromatic rings. The van der Waals surface area contributed by atoms with Crippen molar-refractivity contribution in [1.29, 1.82) is 0 Å². The van der Waals surface area contributed by atoms with E-state index in [1.165, 1.54) is 6.07 Å². The molecule has 0 saturated carbocycles. The van der Waals surface area contributed by atoms with Gasteiger partial charge in [0.15, 0.2) is 0 Å². The minimum Gasteiger partial charge on any atom is -0.497 e. The Hall–Kier alpha value is -3.46. The molecule has 1 aromatic heterocycles. The Morgan fingerprint density at radius 2 is 1.94 bits per heavy atom. The number of amides is 1. The molecular weight excluding hydrogens is 461 g/mol. The largest absolute Gasteiger partial charge is 0.497 e. The second-order valence-electron chi connectivity index (χ2n) is 9.66. The lowest BCUT2D eigenvalue weighted by atomic mass is 9.96. The Labute approximate surface area is 210 Å². The summed E-state index contributed by atoms with van der Waals surface area (Å²) in [6.07, 6.45) is 2.55. The third-order valence-electron chi connectivity index (χ3n) is 7.13. The highest BCUT2D eigenvalue weighted by molar-refractivity contribution is 5.79. The maximum atomic E-state index is 13.4. The molecule has 1 amide bonds. The molecule has 190 valence electrons. The van der Waals surface area contributed by atoms with Crippen LogP contribution in [-0.4, -0.2) is 60.8 Å². The highest BCUT2D eigenvalue weighted by atomic mass is 19.1. The van der Waals surface area contributed by atoms with Crippen LogP contribution < -0.4 is 15.0 Å². The monoisotopic (exact) mass is 493 g/mol. The van der Waals surface area contributed by atoms with Gasteiger partial charge in [0.1, 0.15) is 11.6 Å². The van der Waals surface area contributed by atoms with Gasteiger partial charge >= 0.3 is 6.01 Å². The van der Waals surface area contributed by atoms with Crippen LogP contribution >= 0.6 is 0 Å². The summed E-state index contributed by atoms with van der Waals surface area (Å²) in [5.41, 5.74) is 1.85. The van der Waals surface area contributed by atoms with Crippen molar-refractivity contribution >= 4 is 11.9 Å². The van der Waals surface area contributed by atoms with E-state index in [4.69, 9.17) is 9.26 Å². The fraction of sp³-hybridized carbons (Fsp3) is 0.444. The zero-order chi connectivity index (χ0) is 24.9. The number of carbonyl (C=O) groups excluding carboxylic acids is 1. The summed E-state index contributed by atoms with van der Waals surface area (Å²) in [6, 6.07) is 14.8. The Morgan fingerprint density at radius 1 is 1.14 bits per heavy atom. The van der Waals surface area contributed by atoms with Gasteiger partial charge in [0.2, 0.25) is 11.7 Å². The number of hydrogen-bond acceptors (Lipinski definition) is 7. The maximum Gasteiger partial charge on any atom is 0.324 e. The van der Waals surface area contributed by atoms with Crippen molar-refractivity contribution in [3.8, 4) is 17.1 Å². The van der Waals surface area contributed by atoms with Crippen molar-refractivity contribution in [2.24, 2.45) is 11.8 Å². The van der Waals surface area contributed by atoms with Crippen LogP contribution in [-0.2, 0) is 11.3 Å². The zero-order valence-corrected chi connectivity index (χ0v) is 20.5. The number of hydrogen-bond donors (Lipinski definition) is 1. The van der Waals surface area contributed by atoms with Crippen LogP contribution in [0.5, 0.6) is 5.75 Å². The van der Waals surface area contributed by atoms with E-state index in [9.17, 15) is 9.18 Å². The molecule has 2 aliphatic heterocycles. The molecule has 5 rings (SSSR count). The first-order chi connectivity index (χ1) is 17.6. The molecule has 2 saturated heterocycles. The molecule has 2 fully saturated rings. The molecule has 8 nitrogen and oxygen atoms in total. The van der Waals surface area contributed by atoms with E-state index in [0.29, 0.717) is 37.4 Å². The summed E-state index contributed by atoms with van der Waals surface area (Å²) in [5, 5.41) is 7.28. The third kappa shape index (κ3) is 5.84. The molecule has 2 aliphatic rings. The number of carbonyl (C=O) groups is 1. The maximum absolute atomic E-state index is 13.4. The van der Waals surface area contributed by atoms with Crippen molar-refractivity contribution < 1.29 is 18.4 Å². The highest BCUT2D eigenvalue weighted by Crippen LogP contribution is 2.26. The van der Waals surface area contributed by atoms with E-state index in [1.807, 2.05) is 35.2 Å². The van der Waals surface area contributed by atoms with Crippen LogP contribution in [0.2, 0.25) is 0 Å². The molecule has 0 bridgehead atoms. The van der Waals surface area contributed by atoms with Gasteiger partial charge in [0, 0.05) is 44.2 Å². The Morgan fingerprint density at radius 3 is 2.69 bits per heavy atom. The number of benzene rings is 2. The first kappa shape index (κ1) is 24.2. The minimum absolute atomic E-state index is 0.00460. The molecule has 1 unspecified atom stereocenters. The van der Waals surface area contributed by atoms with Crippen molar-refractivity contribution in [1.82, 2.24) is 20.4 Å². The van der Waals surface area contributed by atoms with Crippen molar-refractivity contribution in [3.63, 3.8) is 0 Å². The summed E-state index contributed by atoms with van der Waals surface area (Å²) >= 11 is 0. The average molecular weight is 494 g/mol. The minimum atomic E-state index is -0.196. The number of anilines is 1. The van der Waals surface area contributed by atoms with E-state index in [-0.39, 0.29) is 17.6 Å².